The average Bonchev–Trinajstić information content (AvgIpc) is 3.08. The summed E-state index contributed by atoms with van der Waals surface area (Å²) in [5.74, 6) is 0.0844. The van der Waals surface area contributed by atoms with Crippen LogP contribution in [0.1, 0.15) is 18.4 Å². The molecular weight excluding hydrogens is 412 g/mol. The smallest absolute Gasteiger partial charge is 0.223 e. The van der Waals surface area contributed by atoms with Gasteiger partial charge in [-0.15, -0.1) is 0 Å². The molecule has 0 atom stereocenters. The molecule has 1 amide bonds. The van der Waals surface area contributed by atoms with Crippen molar-refractivity contribution in [3.8, 4) is 6.07 Å². The number of hydrogen-bond donors (Lipinski definition) is 0. The molecule has 0 unspecified atom stereocenters. The molecule has 6 nitrogen and oxygen atoms in total. The molecule has 0 aromatic heterocycles. The highest BCUT2D eigenvalue weighted by atomic mass is 16.2. The van der Waals surface area contributed by atoms with Crippen LogP contribution in [0.5, 0.6) is 0 Å². The van der Waals surface area contributed by atoms with Gasteiger partial charge >= 0.3 is 0 Å². The summed E-state index contributed by atoms with van der Waals surface area (Å²) in [4.78, 5) is 31.1. The van der Waals surface area contributed by atoms with E-state index in [1.807, 2.05) is 90.6 Å². The van der Waals surface area contributed by atoms with Crippen LogP contribution in [-0.2, 0) is 16.1 Å². The van der Waals surface area contributed by atoms with Crippen molar-refractivity contribution >= 4 is 33.8 Å². The van der Waals surface area contributed by atoms with E-state index in [1.165, 1.54) is 0 Å². The highest BCUT2D eigenvalue weighted by molar-refractivity contribution is 6.03. The molecule has 0 bridgehead atoms. The maximum absolute atomic E-state index is 13.0. The Bertz CT molecular complexity index is 1270. The van der Waals surface area contributed by atoms with E-state index >= 15 is 0 Å². The van der Waals surface area contributed by atoms with Crippen molar-refractivity contribution in [3.63, 3.8) is 0 Å². The predicted octanol–water partition coefficient (Wildman–Crippen LogP) is 4.47. The fraction of sp³-hybridized carbons (Fsp3) is 0.222. The predicted molar refractivity (Wildman–Crippen MR) is 131 cm³/mol. The normalized spacial score (nSPS) is 12.5. The Morgan fingerprint density at radius 3 is 2.15 bits per heavy atom. The molecule has 1 aliphatic heterocycles. The van der Waals surface area contributed by atoms with Crippen LogP contribution in [-0.4, -0.2) is 37.7 Å². The minimum atomic E-state index is -0.328. The number of para-hydroxylation sites is 2. The van der Waals surface area contributed by atoms with Crippen molar-refractivity contribution in [2.45, 2.75) is 19.4 Å². The molecule has 1 aliphatic rings. The molecule has 3 aromatic rings. The van der Waals surface area contributed by atoms with Gasteiger partial charge in [-0.3, -0.25) is 9.59 Å². The maximum atomic E-state index is 13.0. The van der Waals surface area contributed by atoms with Crippen LogP contribution in [0, 0.1) is 11.3 Å². The monoisotopic (exact) mass is 438 g/mol. The van der Waals surface area contributed by atoms with Gasteiger partial charge < -0.3 is 14.7 Å². The van der Waals surface area contributed by atoms with Crippen LogP contribution in [0.4, 0.5) is 11.4 Å². The van der Waals surface area contributed by atoms with Gasteiger partial charge in [-0.05, 0) is 28.5 Å². The lowest BCUT2D eigenvalue weighted by Gasteiger charge is -2.20. The molecular formula is C27H26N4O2. The van der Waals surface area contributed by atoms with Gasteiger partial charge in [0.2, 0.25) is 5.91 Å². The third-order valence-corrected chi connectivity index (χ3v) is 6.13. The largest absolute Gasteiger partial charge is 0.341 e. The summed E-state index contributed by atoms with van der Waals surface area (Å²) in [6.45, 7) is 0.460. The summed E-state index contributed by atoms with van der Waals surface area (Å²) in [7, 11) is 5.42. The fourth-order valence-electron chi connectivity index (χ4n) is 4.37. The number of Topliss-reactive ketones (excluding diaryl/α,β-unsaturated/α-hetero) is 1. The van der Waals surface area contributed by atoms with E-state index in [2.05, 4.69) is 6.07 Å². The van der Waals surface area contributed by atoms with Crippen molar-refractivity contribution in [3.05, 3.63) is 83.7 Å². The number of hydrogen-bond acceptors (Lipinski definition) is 5. The zero-order chi connectivity index (χ0) is 23.5. The third kappa shape index (κ3) is 4.18. The molecule has 4 rings (SSSR count). The number of rotatable bonds is 6. The number of carbonyl (C=O) groups excluding carboxylic acids is 2. The van der Waals surface area contributed by atoms with Gasteiger partial charge in [-0.2, -0.15) is 5.26 Å². The second-order valence-electron chi connectivity index (χ2n) is 8.23. The van der Waals surface area contributed by atoms with Crippen LogP contribution in [0.3, 0.4) is 0 Å². The first-order valence-corrected chi connectivity index (χ1v) is 10.9. The number of fused-ring (bicyclic) bond motifs is 2. The zero-order valence-electron chi connectivity index (χ0n) is 19.1. The minimum absolute atomic E-state index is 0.0108. The Labute approximate surface area is 193 Å². The zero-order valence-corrected chi connectivity index (χ0v) is 19.1. The summed E-state index contributed by atoms with van der Waals surface area (Å²) in [6.07, 6.45) is 0.0437. The Morgan fingerprint density at radius 2 is 1.48 bits per heavy atom. The number of benzene rings is 3. The number of nitriles is 1. The van der Waals surface area contributed by atoms with Gasteiger partial charge in [-0.25, -0.2) is 0 Å². The molecule has 0 radical (unpaired) electrons. The molecule has 0 aliphatic carbocycles. The molecule has 0 saturated carbocycles. The van der Waals surface area contributed by atoms with Crippen LogP contribution < -0.4 is 9.80 Å². The van der Waals surface area contributed by atoms with E-state index in [0.29, 0.717) is 12.4 Å². The Hall–Kier alpha value is -4.11. The minimum Gasteiger partial charge on any atom is -0.341 e. The number of amides is 1. The average molecular weight is 439 g/mol. The van der Waals surface area contributed by atoms with Gasteiger partial charge in [0.05, 0.1) is 11.4 Å². The summed E-state index contributed by atoms with van der Waals surface area (Å²) in [6, 6.07) is 23.9. The van der Waals surface area contributed by atoms with E-state index < -0.39 is 0 Å². The van der Waals surface area contributed by atoms with E-state index in [9.17, 15) is 14.9 Å². The van der Waals surface area contributed by atoms with Gasteiger partial charge in [0.1, 0.15) is 17.5 Å². The summed E-state index contributed by atoms with van der Waals surface area (Å²) in [5, 5.41) is 12.0. The van der Waals surface area contributed by atoms with Crippen LogP contribution in [0.25, 0.3) is 10.8 Å². The molecule has 0 spiro atoms. The van der Waals surface area contributed by atoms with Gasteiger partial charge in [-0.1, -0.05) is 54.6 Å². The lowest BCUT2D eigenvalue weighted by Crippen LogP contribution is -2.28. The topological polar surface area (TPSA) is 67.6 Å². The lowest BCUT2D eigenvalue weighted by molar-refractivity contribution is -0.132. The quantitative estimate of drug-likeness (QED) is 0.420. The fourth-order valence-corrected chi connectivity index (χ4v) is 4.37. The van der Waals surface area contributed by atoms with E-state index in [1.54, 1.807) is 11.9 Å². The molecule has 1 heterocycles. The number of allylic oxidation sites excluding steroid dienone is 1. The number of carbonyl (C=O) groups is 2. The second kappa shape index (κ2) is 9.17. The first-order valence-electron chi connectivity index (χ1n) is 10.9. The number of ketones is 1. The van der Waals surface area contributed by atoms with Crippen LogP contribution in [0.2, 0.25) is 0 Å². The van der Waals surface area contributed by atoms with Gasteiger partial charge in [0.25, 0.3) is 0 Å². The van der Waals surface area contributed by atoms with Gasteiger partial charge in [0.15, 0.2) is 5.78 Å². The van der Waals surface area contributed by atoms with E-state index in [0.717, 1.165) is 27.7 Å². The van der Waals surface area contributed by atoms with Crippen molar-refractivity contribution in [2.24, 2.45) is 0 Å². The summed E-state index contributed by atoms with van der Waals surface area (Å²) >= 11 is 0. The van der Waals surface area contributed by atoms with Crippen LogP contribution in [0.15, 0.2) is 78.1 Å². The first kappa shape index (κ1) is 22.1. The second-order valence-corrected chi connectivity index (χ2v) is 8.23. The lowest BCUT2D eigenvalue weighted by atomic mass is 10.0. The van der Waals surface area contributed by atoms with Crippen molar-refractivity contribution in [1.82, 2.24) is 4.90 Å². The summed E-state index contributed by atoms with van der Waals surface area (Å²) < 4.78 is 0. The number of anilines is 2. The molecule has 0 fully saturated rings. The maximum Gasteiger partial charge on any atom is 0.223 e. The highest BCUT2D eigenvalue weighted by Crippen LogP contribution is 2.40. The van der Waals surface area contributed by atoms with Crippen LogP contribution >= 0.6 is 0 Å². The Balaban J connectivity index is 1.45. The highest BCUT2D eigenvalue weighted by Gasteiger charge is 2.31. The Kier molecular flexibility index (Phi) is 6.14. The first-order chi connectivity index (χ1) is 15.9. The summed E-state index contributed by atoms with van der Waals surface area (Å²) in [5.41, 5.74) is 2.99. The molecule has 3 aromatic carbocycles. The molecule has 6 heteroatoms. The van der Waals surface area contributed by atoms with Crippen molar-refractivity contribution in [2.75, 3.05) is 30.9 Å². The van der Waals surface area contributed by atoms with Crippen molar-refractivity contribution in [1.29, 1.82) is 5.26 Å². The Morgan fingerprint density at radius 1 is 0.879 bits per heavy atom. The van der Waals surface area contributed by atoms with Gasteiger partial charge in [0, 0.05) is 40.5 Å². The third-order valence-electron chi connectivity index (χ3n) is 6.13. The molecule has 33 heavy (non-hydrogen) atoms. The van der Waals surface area contributed by atoms with Crippen molar-refractivity contribution < 1.29 is 9.59 Å². The molecule has 0 N–H and O–H groups in total. The molecule has 0 saturated heterocycles. The standard InChI is InChI=1S/C27H26N4O2/c1-29(18-20-11-8-10-19-9-4-5-12-21(19)20)26(33)16-15-25(32)22(17-28)27-30(2)23-13-6-7-14-24(23)31(27)3/h4-14H,15-16,18H2,1-3H3. The SMILES string of the molecule is CN(Cc1cccc2ccccc12)C(=O)CCC(=O)C(C#N)=C1N(C)c2ccccc2N1C. The van der Waals surface area contributed by atoms with E-state index in [-0.39, 0.29) is 30.1 Å². The van der Waals surface area contributed by atoms with E-state index in [4.69, 9.17) is 0 Å². The molecule has 166 valence electrons. The number of nitrogens with zero attached hydrogens (tertiary/aromatic N) is 4.